The smallest absolute Gasteiger partial charge is 0.251 e. The number of rotatable bonds is 1. The summed E-state index contributed by atoms with van der Waals surface area (Å²) in [5, 5.41) is 4.50. The molecule has 0 saturated carbocycles. The molecule has 3 aromatic carbocycles. The van der Waals surface area contributed by atoms with Crippen LogP contribution in [0.1, 0.15) is 26.3 Å². The molecule has 0 bridgehead atoms. The molecule has 0 aliphatic heterocycles. The monoisotopic (exact) mass is 287 g/mol. The second-order valence-electron chi connectivity index (χ2n) is 5.38. The molecule has 0 fully saturated rings. The fourth-order valence-electron chi connectivity index (χ4n) is 3.17. The van der Waals surface area contributed by atoms with Crippen molar-refractivity contribution in [2.24, 2.45) is 0 Å². The number of fused-ring (bicyclic) bond motifs is 2. The highest BCUT2D eigenvalue weighted by molar-refractivity contribution is 6.26. The molecule has 4 rings (SSSR count). The Bertz CT molecular complexity index is 957. The Balaban J connectivity index is 2.17. The first kappa shape index (κ1) is 12.8. The lowest BCUT2D eigenvalue weighted by Crippen LogP contribution is -2.18. The van der Waals surface area contributed by atoms with E-state index in [1.807, 2.05) is 54.6 Å². The van der Waals surface area contributed by atoms with Crippen LogP contribution in [0.25, 0.3) is 21.9 Å². The third-order valence-corrected chi connectivity index (χ3v) is 4.17. The largest absolute Gasteiger partial charge is 0.355 e. The van der Waals surface area contributed by atoms with Crippen LogP contribution >= 0.6 is 0 Å². The highest BCUT2D eigenvalue weighted by Gasteiger charge is 2.25. The van der Waals surface area contributed by atoms with Crippen molar-refractivity contribution in [1.82, 2.24) is 5.32 Å². The number of benzene rings is 3. The molecular weight excluding hydrogens is 274 g/mol. The zero-order valence-corrected chi connectivity index (χ0v) is 12.0. The predicted octanol–water partition coefficient (Wildman–Crippen LogP) is 3.41. The van der Waals surface area contributed by atoms with Gasteiger partial charge in [0.1, 0.15) is 0 Å². The Labute approximate surface area is 127 Å². The maximum Gasteiger partial charge on any atom is 0.251 e. The van der Waals surface area contributed by atoms with E-state index in [0.717, 1.165) is 21.9 Å². The van der Waals surface area contributed by atoms with Crippen molar-refractivity contribution in [1.29, 1.82) is 0 Å². The molecule has 1 N–H and O–H groups in total. The van der Waals surface area contributed by atoms with E-state index < -0.39 is 0 Å². The van der Waals surface area contributed by atoms with Gasteiger partial charge in [0, 0.05) is 29.1 Å². The first-order valence-electron chi connectivity index (χ1n) is 7.13. The highest BCUT2D eigenvalue weighted by atomic mass is 16.1. The number of nitrogens with one attached hydrogen (secondary N) is 1. The molecule has 0 heterocycles. The predicted molar refractivity (Wildman–Crippen MR) is 86.2 cm³/mol. The summed E-state index contributed by atoms with van der Waals surface area (Å²) in [7, 11) is 1.62. The first-order chi connectivity index (χ1) is 10.7. The van der Waals surface area contributed by atoms with Crippen molar-refractivity contribution in [3.8, 4) is 11.1 Å². The third kappa shape index (κ3) is 1.62. The quantitative estimate of drug-likeness (QED) is 0.583. The van der Waals surface area contributed by atoms with Crippen LogP contribution in [0.3, 0.4) is 0 Å². The Hall–Kier alpha value is -2.94. The standard InChI is InChI=1S/C19H13NO2/c1-20-19(22)12-9-11-5-4-8-15-17(11)16(10-12)13-6-2-3-7-14(13)18(15)21/h2-10H,1H3,(H,20,22). The fourth-order valence-corrected chi connectivity index (χ4v) is 3.17. The van der Waals surface area contributed by atoms with Gasteiger partial charge in [-0.2, -0.15) is 0 Å². The molecule has 1 amide bonds. The van der Waals surface area contributed by atoms with Crippen LogP contribution in [0.5, 0.6) is 0 Å². The van der Waals surface area contributed by atoms with Gasteiger partial charge in [-0.3, -0.25) is 9.59 Å². The first-order valence-corrected chi connectivity index (χ1v) is 7.13. The molecular formula is C19H13NO2. The maximum absolute atomic E-state index is 12.7. The van der Waals surface area contributed by atoms with Gasteiger partial charge in [-0.15, -0.1) is 0 Å². The van der Waals surface area contributed by atoms with Crippen molar-refractivity contribution < 1.29 is 9.59 Å². The molecule has 0 radical (unpaired) electrons. The fraction of sp³-hybridized carbons (Fsp3) is 0.0526. The molecule has 3 nitrogen and oxygen atoms in total. The summed E-state index contributed by atoms with van der Waals surface area (Å²) in [6.45, 7) is 0. The van der Waals surface area contributed by atoms with Gasteiger partial charge in [0.15, 0.2) is 5.78 Å². The average molecular weight is 287 g/mol. The van der Waals surface area contributed by atoms with Gasteiger partial charge < -0.3 is 5.32 Å². The summed E-state index contributed by atoms with van der Waals surface area (Å²) in [4.78, 5) is 24.7. The van der Waals surface area contributed by atoms with Gasteiger partial charge in [0.2, 0.25) is 0 Å². The lowest BCUT2D eigenvalue weighted by Gasteiger charge is -2.20. The number of carbonyl (C=O) groups is 2. The van der Waals surface area contributed by atoms with E-state index in [2.05, 4.69) is 5.32 Å². The Morgan fingerprint density at radius 3 is 2.36 bits per heavy atom. The van der Waals surface area contributed by atoms with Crippen LogP contribution in [0.2, 0.25) is 0 Å². The second kappa shape index (κ2) is 4.53. The average Bonchev–Trinajstić information content (AvgIpc) is 2.58. The summed E-state index contributed by atoms with van der Waals surface area (Å²) in [6, 6.07) is 16.9. The van der Waals surface area contributed by atoms with Crippen molar-refractivity contribution in [2.45, 2.75) is 0 Å². The molecule has 0 unspecified atom stereocenters. The van der Waals surface area contributed by atoms with Gasteiger partial charge in [-0.1, -0.05) is 42.5 Å². The van der Waals surface area contributed by atoms with Crippen molar-refractivity contribution in [3.05, 3.63) is 71.3 Å². The number of ketones is 1. The van der Waals surface area contributed by atoms with E-state index in [9.17, 15) is 9.59 Å². The SMILES string of the molecule is CNC(=O)c1cc2c3c(cccc3c1)C(=O)c1ccccc1-2. The summed E-state index contributed by atoms with van der Waals surface area (Å²) in [5.41, 5.74) is 3.83. The van der Waals surface area contributed by atoms with Crippen molar-refractivity contribution in [3.63, 3.8) is 0 Å². The van der Waals surface area contributed by atoms with E-state index in [1.165, 1.54) is 0 Å². The molecule has 0 aromatic heterocycles. The number of amides is 1. The Kier molecular flexibility index (Phi) is 2.63. The van der Waals surface area contributed by atoms with Crippen LogP contribution in [-0.2, 0) is 0 Å². The molecule has 3 aromatic rings. The minimum absolute atomic E-state index is 0.0430. The van der Waals surface area contributed by atoms with Gasteiger partial charge in [-0.05, 0) is 28.6 Å². The topological polar surface area (TPSA) is 46.2 Å². The van der Waals surface area contributed by atoms with E-state index >= 15 is 0 Å². The van der Waals surface area contributed by atoms with Crippen LogP contribution < -0.4 is 5.32 Å². The third-order valence-electron chi connectivity index (χ3n) is 4.17. The van der Waals surface area contributed by atoms with E-state index in [0.29, 0.717) is 16.7 Å². The molecule has 3 heteroatoms. The maximum atomic E-state index is 12.7. The number of hydrogen-bond acceptors (Lipinski definition) is 2. The van der Waals surface area contributed by atoms with Gasteiger partial charge in [-0.25, -0.2) is 0 Å². The van der Waals surface area contributed by atoms with Crippen LogP contribution in [0.15, 0.2) is 54.6 Å². The lowest BCUT2D eigenvalue weighted by molar-refractivity contribution is 0.0962. The minimum Gasteiger partial charge on any atom is -0.355 e. The molecule has 0 spiro atoms. The van der Waals surface area contributed by atoms with Gasteiger partial charge in [0.25, 0.3) is 5.91 Å². The molecule has 1 aliphatic carbocycles. The molecule has 0 atom stereocenters. The second-order valence-corrected chi connectivity index (χ2v) is 5.38. The van der Waals surface area contributed by atoms with Crippen LogP contribution in [-0.4, -0.2) is 18.7 Å². The lowest BCUT2D eigenvalue weighted by atomic mass is 9.82. The van der Waals surface area contributed by atoms with Gasteiger partial charge >= 0.3 is 0 Å². The molecule has 22 heavy (non-hydrogen) atoms. The zero-order chi connectivity index (χ0) is 15.3. The number of carbonyl (C=O) groups excluding carboxylic acids is 2. The molecule has 0 saturated heterocycles. The zero-order valence-electron chi connectivity index (χ0n) is 12.0. The van der Waals surface area contributed by atoms with Crippen molar-refractivity contribution in [2.75, 3.05) is 7.05 Å². The normalized spacial score (nSPS) is 12.1. The Morgan fingerprint density at radius 1 is 0.864 bits per heavy atom. The van der Waals surface area contributed by atoms with Crippen molar-refractivity contribution >= 4 is 22.5 Å². The summed E-state index contributed by atoms with van der Waals surface area (Å²) in [5.74, 6) is -0.0840. The van der Waals surface area contributed by atoms with Crippen LogP contribution in [0, 0.1) is 0 Å². The molecule has 106 valence electrons. The Morgan fingerprint density at radius 2 is 1.59 bits per heavy atom. The molecule has 1 aliphatic rings. The summed E-state index contributed by atoms with van der Waals surface area (Å²) < 4.78 is 0. The van der Waals surface area contributed by atoms with Crippen LogP contribution in [0.4, 0.5) is 0 Å². The summed E-state index contributed by atoms with van der Waals surface area (Å²) >= 11 is 0. The van der Waals surface area contributed by atoms with E-state index in [-0.39, 0.29) is 11.7 Å². The highest BCUT2D eigenvalue weighted by Crippen LogP contribution is 2.39. The summed E-state index contributed by atoms with van der Waals surface area (Å²) in [6.07, 6.45) is 0. The van der Waals surface area contributed by atoms with E-state index in [4.69, 9.17) is 0 Å². The van der Waals surface area contributed by atoms with E-state index in [1.54, 1.807) is 7.05 Å². The number of hydrogen-bond donors (Lipinski definition) is 1. The van der Waals surface area contributed by atoms with Gasteiger partial charge in [0.05, 0.1) is 0 Å². The minimum atomic E-state index is -0.127.